The number of anilines is 12. The highest BCUT2D eigenvalue weighted by atomic mass is 16.5. The first kappa shape index (κ1) is 88.1. The quantitative estimate of drug-likeness (QED) is 0.0353. The molecule has 666 valence electrons. The fourth-order valence-electron chi connectivity index (χ4n) is 18.3. The molecule has 136 heavy (non-hydrogen) atoms. The van der Waals surface area contributed by atoms with Crippen LogP contribution < -0.4 is 29.1 Å². The summed E-state index contributed by atoms with van der Waals surface area (Å²) in [4.78, 5) is 9.48. The first-order valence-corrected chi connectivity index (χ1v) is 47.9. The van der Waals surface area contributed by atoms with Gasteiger partial charge in [-0.1, -0.05) is 304 Å². The van der Waals surface area contributed by atoms with Gasteiger partial charge in [-0.05, 0) is 344 Å². The summed E-state index contributed by atoms with van der Waals surface area (Å²) in [5, 5.41) is 0. The molecule has 18 aromatic carbocycles. The molecule has 2 aliphatic rings. The van der Waals surface area contributed by atoms with Crippen LogP contribution in [0.15, 0.2) is 462 Å². The summed E-state index contributed by atoms with van der Waals surface area (Å²) in [5.74, 6) is 2.77. The van der Waals surface area contributed by atoms with E-state index in [9.17, 15) is 0 Å². The van der Waals surface area contributed by atoms with Gasteiger partial charge in [0.1, 0.15) is 11.5 Å². The van der Waals surface area contributed by atoms with Gasteiger partial charge < -0.3 is 38.5 Å². The van der Waals surface area contributed by atoms with Crippen LogP contribution in [0, 0.1) is 0 Å². The van der Waals surface area contributed by atoms with Gasteiger partial charge in [0.25, 0.3) is 0 Å². The number of ether oxygens (including phenoxy) is 4. The second kappa shape index (κ2) is 42.4. The number of benzene rings is 18. The van der Waals surface area contributed by atoms with Crippen LogP contribution in [0.5, 0.6) is 11.5 Å². The maximum Gasteiger partial charge on any atom is 0.119 e. The summed E-state index contributed by atoms with van der Waals surface area (Å²) in [6, 6.07) is 163. The van der Waals surface area contributed by atoms with E-state index in [1.165, 1.54) is 115 Å². The van der Waals surface area contributed by atoms with E-state index < -0.39 is 0 Å². The molecular formula is C128H110N4O4. The van der Waals surface area contributed by atoms with Crippen molar-refractivity contribution in [2.24, 2.45) is 0 Å². The molecule has 0 spiro atoms. The van der Waals surface area contributed by atoms with Crippen molar-refractivity contribution in [1.82, 2.24) is 0 Å². The molecule has 0 atom stereocenters. The van der Waals surface area contributed by atoms with Crippen molar-refractivity contribution in [1.29, 1.82) is 0 Å². The third kappa shape index (κ3) is 21.3. The van der Waals surface area contributed by atoms with Crippen LogP contribution in [-0.4, -0.2) is 26.4 Å². The number of rotatable bonds is 39. The minimum atomic E-state index is 0.505. The summed E-state index contributed by atoms with van der Waals surface area (Å²) < 4.78 is 24.0. The summed E-state index contributed by atoms with van der Waals surface area (Å²) in [6.07, 6.45) is 12.2. The summed E-state index contributed by atoms with van der Waals surface area (Å²) in [7, 11) is 0. The number of hydrogen-bond acceptors (Lipinski definition) is 8. The van der Waals surface area contributed by atoms with E-state index in [1.807, 2.05) is 60.7 Å². The predicted molar refractivity (Wildman–Crippen MR) is 569 cm³/mol. The van der Waals surface area contributed by atoms with Gasteiger partial charge in [-0.3, -0.25) is 0 Å². The lowest BCUT2D eigenvalue weighted by Crippen LogP contribution is -2.11. The van der Waals surface area contributed by atoms with Gasteiger partial charge >= 0.3 is 0 Å². The lowest BCUT2D eigenvalue weighted by molar-refractivity contribution is 0.113. The van der Waals surface area contributed by atoms with E-state index in [0.717, 1.165) is 127 Å². The van der Waals surface area contributed by atoms with Crippen LogP contribution in [0.4, 0.5) is 68.2 Å². The Labute approximate surface area is 801 Å². The van der Waals surface area contributed by atoms with Crippen molar-refractivity contribution in [2.45, 2.75) is 76.4 Å². The molecule has 2 saturated carbocycles. The summed E-state index contributed by atoms with van der Waals surface area (Å²) in [6.45, 7) is 11.5. The minimum absolute atomic E-state index is 0.505. The molecule has 0 saturated heterocycles. The molecule has 18 aromatic rings. The van der Waals surface area contributed by atoms with Crippen molar-refractivity contribution in [2.75, 3.05) is 46.0 Å². The fourth-order valence-corrected chi connectivity index (χ4v) is 18.3. The molecular weight excluding hydrogens is 1660 g/mol. The molecule has 8 nitrogen and oxygen atoms in total. The number of hydrogen-bond donors (Lipinski definition) is 0. The Balaban J connectivity index is 0.471. The predicted octanol–water partition coefficient (Wildman–Crippen LogP) is 35.0. The molecule has 0 bridgehead atoms. The molecule has 0 heterocycles. The van der Waals surface area contributed by atoms with Crippen LogP contribution in [0.25, 0.3) is 90.0 Å². The first-order valence-electron chi connectivity index (χ1n) is 47.9. The third-order valence-electron chi connectivity index (χ3n) is 26.1. The summed E-state index contributed by atoms with van der Waals surface area (Å²) >= 11 is 0. The third-order valence-corrected chi connectivity index (χ3v) is 26.1. The average molecular weight is 1770 g/mol. The van der Waals surface area contributed by atoms with Crippen LogP contribution in [-0.2, 0) is 22.7 Å². The Hall–Kier alpha value is -15.8. The number of nitrogens with zero attached hydrogens (tertiary/aromatic N) is 4. The molecule has 0 radical (unpaired) electrons. The van der Waals surface area contributed by atoms with Crippen LogP contribution in [0.3, 0.4) is 0 Å². The molecule has 0 N–H and O–H groups in total. The Morgan fingerprint density at radius 2 is 0.419 bits per heavy atom. The van der Waals surface area contributed by atoms with Gasteiger partial charge in [0.05, 0.1) is 26.4 Å². The van der Waals surface area contributed by atoms with Crippen molar-refractivity contribution < 1.29 is 18.9 Å². The van der Waals surface area contributed by atoms with Crippen molar-refractivity contribution in [3.05, 3.63) is 495 Å². The van der Waals surface area contributed by atoms with E-state index in [1.54, 1.807) is 0 Å². The molecule has 20 rings (SSSR count). The zero-order valence-corrected chi connectivity index (χ0v) is 76.8. The summed E-state index contributed by atoms with van der Waals surface area (Å²) in [5.41, 5.74) is 37.5. The largest absolute Gasteiger partial charge is 0.494 e. The highest BCUT2D eigenvalue weighted by molar-refractivity contribution is 5.88. The van der Waals surface area contributed by atoms with Gasteiger partial charge in [0.15, 0.2) is 0 Å². The van der Waals surface area contributed by atoms with E-state index in [-0.39, 0.29) is 0 Å². The Kier molecular flexibility index (Phi) is 27.4. The fraction of sp³-hybridized carbons (Fsp3) is 0.125. The van der Waals surface area contributed by atoms with Gasteiger partial charge in [0, 0.05) is 81.5 Å². The highest BCUT2D eigenvalue weighted by Gasteiger charge is 2.33. The van der Waals surface area contributed by atoms with Crippen molar-refractivity contribution in [3.8, 4) is 89.4 Å². The van der Waals surface area contributed by atoms with Crippen LogP contribution >= 0.6 is 0 Å². The van der Waals surface area contributed by atoms with E-state index in [4.69, 9.17) is 18.9 Å². The maximum absolute atomic E-state index is 6.10. The average Bonchev–Trinajstić information content (AvgIpc) is 1.70. The molecule has 2 aliphatic carbocycles. The topological polar surface area (TPSA) is 49.9 Å². The normalized spacial score (nSPS) is 12.2. The molecule has 0 aliphatic heterocycles. The van der Waals surface area contributed by atoms with E-state index in [0.29, 0.717) is 51.5 Å². The van der Waals surface area contributed by atoms with E-state index in [2.05, 4.69) is 433 Å². The van der Waals surface area contributed by atoms with Gasteiger partial charge in [-0.15, -0.1) is 0 Å². The monoisotopic (exact) mass is 1770 g/mol. The van der Waals surface area contributed by atoms with Gasteiger partial charge in [-0.25, -0.2) is 0 Å². The van der Waals surface area contributed by atoms with E-state index >= 15 is 0 Å². The van der Waals surface area contributed by atoms with Crippen LogP contribution in [0.1, 0.15) is 96.6 Å². The second-order valence-electron chi connectivity index (χ2n) is 35.4. The number of para-hydroxylation sites is 4. The molecule has 0 aromatic heterocycles. The Bertz CT molecular complexity index is 6530. The lowest BCUT2D eigenvalue weighted by atomic mass is 9.90. The zero-order valence-electron chi connectivity index (χ0n) is 76.8. The maximum atomic E-state index is 6.10. The molecule has 0 unspecified atom stereocenters. The zero-order chi connectivity index (χ0) is 91.6. The highest BCUT2D eigenvalue weighted by Crippen LogP contribution is 2.53. The number of unbranched alkanes of at least 4 members (excludes halogenated alkanes) is 2. The lowest BCUT2D eigenvalue weighted by Gasteiger charge is -2.28. The SMILES string of the molecule is C=Cc1ccc(OCCCCOCc2ccc(N(c3ccccc3)c3ccc(-c4ccc(-c5ccc(-c6ccc(N(c7ccccc7)c7ccc(-c8ccc(N(c9ccccc9)c9ccc(-c%10ccc(-c%11ccc(-c%12ccc(N(c%13ccccc%13)c%13ccc(COCCCCOc%14ccc(C=C)cc%14)cc%13)cc%12)cc%11)cc%10)cc9)cc8C8CC8)c(C8CC8)c7)cc6)cc5)cc4)cc3)cc2)cc1. The second-order valence-corrected chi connectivity index (χ2v) is 35.4. The first-order chi connectivity index (χ1) is 67.3. The Morgan fingerprint density at radius 1 is 0.213 bits per heavy atom. The van der Waals surface area contributed by atoms with Crippen molar-refractivity contribution in [3.63, 3.8) is 0 Å². The molecule has 0 amide bonds. The van der Waals surface area contributed by atoms with Crippen molar-refractivity contribution >= 4 is 80.4 Å². The van der Waals surface area contributed by atoms with Gasteiger partial charge in [-0.2, -0.15) is 0 Å². The molecule has 2 fully saturated rings. The standard InChI is InChI=1S/C128H110N4O4/c1-3-93-33-79-123(80-34-93)135-87-19-17-85-133-91-95-29-65-115(66-30-95)129(111-21-9-5-10-22-111)117-69-57-105(58-70-117)101-45-37-97(38-46-101)99-41-49-103(50-42-99)107-61-73-119(74-62-107)131(113-25-13-7-14-26-113)121-77-83-125(127(89-121)109-53-54-109)126-84-78-122(90-128(126)110-55-56-110)132(114-27-15-8-16-28-114)120-75-63-108(64-76-120)104-51-43-100(44-52-104)98-39-47-102(48-40-98)106-59-71-118(72-60-106)130(112-23-11-6-12-24-112)116-67-31-96(32-68-116)92-134-86-18-20-88-136-124-81-35-94(4-2)36-82-124/h3-16,21-52,57-84,89-90,109-110H,1-2,17-20,53-56,85-88,91-92H2. The minimum Gasteiger partial charge on any atom is -0.494 e. The van der Waals surface area contributed by atoms with Crippen LogP contribution in [0.2, 0.25) is 0 Å². The molecule has 8 heteroatoms. The Morgan fingerprint density at radius 3 is 0.654 bits per heavy atom. The smallest absolute Gasteiger partial charge is 0.119 e. The van der Waals surface area contributed by atoms with Gasteiger partial charge in [0.2, 0.25) is 0 Å².